The van der Waals surface area contributed by atoms with Crippen LogP contribution in [-0.4, -0.2) is 22.9 Å². The predicted octanol–water partition coefficient (Wildman–Crippen LogP) is 3.85. The Kier molecular flexibility index (Phi) is 4.10. The Morgan fingerprint density at radius 2 is 2.10 bits per heavy atom. The van der Waals surface area contributed by atoms with Crippen molar-refractivity contribution in [3.8, 4) is 0 Å². The molecule has 116 valence electrons. The molecule has 21 heavy (non-hydrogen) atoms. The van der Waals surface area contributed by atoms with Crippen LogP contribution in [0.1, 0.15) is 61.9 Å². The summed E-state index contributed by atoms with van der Waals surface area (Å²) in [4.78, 5) is 17.6. The molecule has 1 aromatic rings. The van der Waals surface area contributed by atoms with Gasteiger partial charge in [0.1, 0.15) is 6.17 Å². The maximum atomic E-state index is 12.9. The molecular weight excluding hydrogens is 280 g/mol. The summed E-state index contributed by atoms with van der Waals surface area (Å²) in [6.07, 6.45) is 6.13. The van der Waals surface area contributed by atoms with E-state index in [1.165, 1.54) is 35.4 Å². The zero-order valence-electron chi connectivity index (χ0n) is 13.3. The molecule has 2 aliphatic rings. The molecule has 0 radical (unpaired) electrons. The lowest BCUT2D eigenvalue weighted by atomic mass is 9.99. The van der Waals surface area contributed by atoms with Crippen molar-refractivity contribution in [1.29, 1.82) is 0 Å². The Morgan fingerprint density at radius 1 is 1.38 bits per heavy atom. The van der Waals surface area contributed by atoms with Crippen LogP contribution in [0.25, 0.3) is 0 Å². The average molecular weight is 306 g/mol. The standard InChI is InChI=1S/C17H26N2OS/c1-4-17(3)16(20)19(11-13-7-5-6-8-13)15(18-17)14-10-9-12(2)21-14/h9-10,13,15,18H,4-8,11H2,1-3H3. The summed E-state index contributed by atoms with van der Waals surface area (Å²) in [6, 6.07) is 4.33. The summed E-state index contributed by atoms with van der Waals surface area (Å²) in [7, 11) is 0. The predicted molar refractivity (Wildman–Crippen MR) is 87.3 cm³/mol. The monoisotopic (exact) mass is 306 g/mol. The van der Waals surface area contributed by atoms with Gasteiger partial charge in [-0.1, -0.05) is 19.8 Å². The minimum atomic E-state index is -0.402. The fourth-order valence-corrected chi connectivity index (χ4v) is 4.56. The Morgan fingerprint density at radius 3 is 2.67 bits per heavy atom. The van der Waals surface area contributed by atoms with Gasteiger partial charge in [-0.15, -0.1) is 11.3 Å². The molecule has 2 heterocycles. The minimum Gasteiger partial charge on any atom is -0.320 e. The van der Waals surface area contributed by atoms with E-state index < -0.39 is 5.54 Å². The Bertz CT molecular complexity index is 521. The number of nitrogens with one attached hydrogen (secondary N) is 1. The first-order valence-electron chi connectivity index (χ1n) is 8.18. The molecule has 1 N–H and O–H groups in total. The quantitative estimate of drug-likeness (QED) is 0.916. The highest BCUT2D eigenvalue weighted by Crippen LogP contribution is 2.37. The fourth-order valence-electron chi connectivity index (χ4n) is 3.61. The van der Waals surface area contributed by atoms with Gasteiger partial charge in [0.25, 0.3) is 0 Å². The first-order chi connectivity index (χ1) is 10.0. The number of thiophene rings is 1. The molecule has 1 amide bonds. The lowest BCUT2D eigenvalue weighted by molar-refractivity contribution is -0.133. The molecule has 0 aromatic carbocycles. The minimum absolute atomic E-state index is 0.0711. The van der Waals surface area contributed by atoms with Crippen LogP contribution in [0.15, 0.2) is 12.1 Å². The SMILES string of the molecule is CCC1(C)NC(c2ccc(C)s2)N(CC2CCCC2)C1=O. The van der Waals surface area contributed by atoms with Gasteiger partial charge in [-0.05, 0) is 51.2 Å². The zero-order chi connectivity index (χ0) is 15.0. The molecule has 2 unspecified atom stereocenters. The molecule has 2 fully saturated rings. The van der Waals surface area contributed by atoms with Crippen molar-refractivity contribution >= 4 is 17.2 Å². The number of rotatable bonds is 4. The normalized spacial score (nSPS) is 30.5. The number of aryl methyl sites for hydroxylation is 1. The largest absolute Gasteiger partial charge is 0.320 e. The van der Waals surface area contributed by atoms with Crippen molar-refractivity contribution in [2.24, 2.45) is 5.92 Å². The molecule has 0 bridgehead atoms. The molecule has 0 spiro atoms. The second-order valence-electron chi connectivity index (χ2n) is 6.79. The smallest absolute Gasteiger partial charge is 0.244 e. The fraction of sp³-hybridized carbons (Fsp3) is 0.706. The van der Waals surface area contributed by atoms with E-state index >= 15 is 0 Å². The molecule has 4 heteroatoms. The summed E-state index contributed by atoms with van der Waals surface area (Å²) in [5.41, 5.74) is -0.402. The molecule has 3 rings (SSSR count). The molecule has 2 atom stereocenters. The van der Waals surface area contributed by atoms with Gasteiger partial charge in [0, 0.05) is 16.3 Å². The highest BCUT2D eigenvalue weighted by molar-refractivity contribution is 7.12. The van der Waals surface area contributed by atoms with E-state index in [1.807, 2.05) is 0 Å². The van der Waals surface area contributed by atoms with Crippen LogP contribution in [0.4, 0.5) is 0 Å². The second-order valence-corrected chi connectivity index (χ2v) is 8.11. The van der Waals surface area contributed by atoms with Crippen LogP contribution >= 0.6 is 11.3 Å². The van der Waals surface area contributed by atoms with E-state index in [9.17, 15) is 4.79 Å². The van der Waals surface area contributed by atoms with Crippen LogP contribution < -0.4 is 5.32 Å². The van der Waals surface area contributed by atoms with Crippen LogP contribution in [-0.2, 0) is 4.79 Å². The van der Waals surface area contributed by atoms with Crippen molar-refractivity contribution < 1.29 is 4.79 Å². The van der Waals surface area contributed by atoms with Gasteiger partial charge in [-0.3, -0.25) is 10.1 Å². The van der Waals surface area contributed by atoms with E-state index in [4.69, 9.17) is 0 Å². The third-order valence-electron chi connectivity index (χ3n) is 5.17. The zero-order valence-corrected chi connectivity index (χ0v) is 14.1. The van der Waals surface area contributed by atoms with Gasteiger partial charge in [-0.25, -0.2) is 0 Å². The van der Waals surface area contributed by atoms with Gasteiger partial charge in [0.15, 0.2) is 0 Å². The topological polar surface area (TPSA) is 32.3 Å². The number of carbonyl (C=O) groups excluding carboxylic acids is 1. The first-order valence-corrected chi connectivity index (χ1v) is 9.00. The highest BCUT2D eigenvalue weighted by Gasteiger charge is 2.48. The van der Waals surface area contributed by atoms with Crippen LogP contribution in [0.3, 0.4) is 0 Å². The van der Waals surface area contributed by atoms with Crippen molar-refractivity contribution in [3.05, 3.63) is 21.9 Å². The number of nitrogens with zero attached hydrogens (tertiary/aromatic N) is 1. The molecule has 1 saturated heterocycles. The number of hydrogen-bond donors (Lipinski definition) is 1. The Balaban J connectivity index is 1.85. The van der Waals surface area contributed by atoms with Gasteiger partial charge in [0.2, 0.25) is 5.91 Å². The van der Waals surface area contributed by atoms with Crippen LogP contribution in [0.5, 0.6) is 0 Å². The van der Waals surface area contributed by atoms with Crippen molar-refractivity contribution in [2.45, 2.75) is 64.6 Å². The van der Waals surface area contributed by atoms with E-state index in [0.717, 1.165) is 13.0 Å². The summed E-state index contributed by atoms with van der Waals surface area (Å²) in [6.45, 7) is 7.20. The van der Waals surface area contributed by atoms with Gasteiger partial charge in [0.05, 0.1) is 5.54 Å². The third kappa shape index (κ3) is 2.76. The number of carbonyl (C=O) groups is 1. The molecule has 1 saturated carbocycles. The first kappa shape index (κ1) is 15.0. The summed E-state index contributed by atoms with van der Waals surface area (Å²) < 4.78 is 0. The lowest BCUT2D eigenvalue weighted by Gasteiger charge is -2.26. The van der Waals surface area contributed by atoms with E-state index in [2.05, 4.69) is 43.1 Å². The molecule has 3 nitrogen and oxygen atoms in total. The van der Waals surface area contributed by atoms with Gasteiger partial charge < -0.3 is 4.90 Å². The van der Waals surface area contributed by atoms with E-state index in [0.29, 0.717) is 5.92 Å². The van der Waals surface area contributed by atoms with Crippen LogP contribution in [0.2, 0.25) is 0 Å². The number of amides is 1. The average Bonchev–Trinajstić information content (AvgIpc) is 3.17. The number of hydrogen-bond acceptors (Lipinski definition) is 3. The van der Waals surface area contributed by atoms with E-state index in [1.54, 1.807) is 11.3 Å². The molecular formula is C17H26N2OS. The lowest BCUT2D eigenvalue weighted by Crippen LogP contribution is -2.43. The second kappa shape index (κ2) is 5.73. The van der Waals surface area contributed by atoms with Crippen molar-refractivity contribution in [1.82, 2.24) is 10.2 Å². The summed E-state index contributed by atoms with van der Waals surface area (Å²) in [5.74, 6) is 0.978. The Labute approximate surface area is 131 Å². The summed E-state index contributed by atoms with van der Waals surface area (Å²) >= 11 is 1.80. The maximum Gasteiger partial charge on any atom is 0.244 e. The third-order valence-corrected chi connectivity index (χ3v) is 6.22. The molecule has 1 aromatic heterocycles. The van der Waals surface area contributed by atoms with Gasteiger partial charge >= 0.3 is 0 Å². The summed E-state index contributed by atoms with van der Waals surface area (Å²) in [5, 5.41) is 3.61. The maximum absolute atomic E-state index is 12.9. The Hall–Kier alpha value is -0.870. The van der Waals surface area contributed by atoms with Gasteiger partial charge in [-0.2, -0.15) is 0 Å². The van der Waals surface area contributed by atoms with E-state index in [-0.39, 0.29) is 12.1 Å². The van der Waals surface area contributed by atoms with Crippen molar-refractivity contribution in [2.75, 3.05) is 6.54 Å². The molecule has 1 aliphatic carbocycles. The molecule has 1 aliphatic heterocycles. The van der Waals surface area contributed by atoms with Crippen LogP contribution in [0, 0.1) is 12.8 Å². The highest BCUT2D eigenvalue weighted by atomic mass is 32.1. The van der Waals surface area contributed by atoms with Crippen molar-refractivity contribution in [3.63, 3.8) is 0 Å².